The van der Waals surface area contributed by atoms with E-state index in [4.69, 9.17) is 0 Å². The first-order valence-electron chi connectivity index (χ1n) is 5.65. The average molecular weight is 192 g/mol. The summed E-state index contributed by atoms with van der Waals surface area (Å²) in [5.74, 6) is 0. The first kappa shape index (κ1) is 9.63. The SMILES string of the molecule is CC1(CNn2cccc2)CCCCC1. The third-order valence-electron chi connectivity index (χ3n) is 3.35. The zero-order chi connectivity index (χ0) is 9.86. The molecule has 0 amide bonds. The van der Waals surface area contributed by atoms with Crippen molar-refractivity contribution in [3.63, 3.8) is 0 Å². The Morgan fingerprint density at radius 1 is 1.14 bits per heavy atom. The Labute approximate surface area is 86.3 Å². The minimum atomic E-state index is 0.516. The topological polar surface area (TPSA) is 17.0 Å². The van der Waals surface area contributed by atoms with E-state index >= 15 is 0 Å². The molecular weight excluding hydrogens is 172 g/mol. The van der Waals surface area contributed by atoms with Gasteiger partial charge < -0.3 is 5.43 Å². The highest BCUT2D eigenvalue weighted by molar-refractivity contribution is 4.95. The van der Waals surface area contributed by atoms with Crippen molar-refractivity contribution in [3.05, 3.63) is 24.5 Å². The van der Waals surface area contributed by atoms with Crippen molar-refractivity contribution in [3.8, 4) is 0 Å². The van der Waals surface area contributed by atoms with Crippen LogP contribution in [0.3, 0.4) is 0 Å². The summed E-state index contributed by atoms with van der Waals surface area (Å²) in [5, 5.41) is 0. The molecule has 0 aromatic carbocycles. The molecule has 1 aromatic heterocycles. The van der Waals surface area contributed by atoms with Crippen LogP contribution in [0.5, 0.6) is 0 Å². The minimum Gasteiger partial charge on any atom is -0.326 e. The number of nitrogens with one attached hydrogen (secondary N) is 1. The van der Waals surface area contributed by atoms with Crippen molar-refractivity contribution < 1.29 is 0 Å². The maximum absolute atomic E-state index is 3.45. The Bertz CT molecular complexity index is 258. The third kappa shape index (κ3) is 2.31. The maximum atomic E-state index is 3.45. The molecule has 1 heterocycles. The molecule has 0 spiro atoms. The number of aromatic nitrogens is 1. The van der Waals surface area contributed by atoms with Gasteiger partial charge in [0.25, 0.3) is 0 Å². The van der Waals surface area contributed by atoms with Crippen molar-refractivity contribution in [1.29, 1.82) is 0 Å². The van der Waals surface area contributed by atoms with E-state index in [0.29, 0.717) is 5.41 Å². The molecule has 0 aliphatic heterocycles. The summed E-state index contributed by atoms with van der Waals surface area (Å²) < 4.78 is 2.06. The molecule has 78 valence electrons. The summed E-state index contributed by atoms with van der Waals surface area (Å²) in [5.41, 5.74) is 3.97. The van der Waals surface area contributed by atoms with Crippen LogP contribution in [0.2, 0.25) is 0 Å². The molecule has 14 heavy (non-hydrogen) atoms. The standard InChI is InChI=1S/C12H20N2/c1-12(7-3-2-4-8-12)11-13-14-9-5-6-10-14/h5-6,9-10,13H,2-4,7-8,11H2,1H3. The molecule has 1 saturated carbocycles. The lowest BCUT2D eigenvalue weighted by Crippen LogP contribution is -2.32. The first-order chi connectivity index (χ1) is 6.79. The van der Waals surface area contributed by atoms with Crippen molar-refractivity contribution in [2.24, 2.45) is 5.41 Å². The summed E-state index contributed by atoms with van der Waals surface area (Å²) in [6, 6.07) is 4.10. The van der Waals surface area contributed by atoms with Crippen LogP contribution in [0.1, 0.15) is 39.0 Å². The lowest BCUT2D eigenvalue weighted by molar-refractivity contribution is 0.228. The Morgan fingerprint density at radius 3 is 2.43 bits per heavy atom. The maximum Gasteiger partial charge on any atom is 0.0367 e. The molecule has 1 aromatic rings. The van der Waals surface area contributed by atoms with Crippen LogP contribution < -0.4 is 5.43 Å². The quantitative estimate of drug-likeness (QED) is 0.779. The summed E-state index contributed by atoms with van der Waals surface area (Å²) in [6.07, 6.45) is 11.1. The molecule has 0 saturated heterocycles. The zero-order valence-corrected chi connectivity index (χ0v) is 9.00. The van der Waals surface area contributed by atoms with E-state index in [1.54, 1.807) is 0 Å². The van der Waals surface area contributed by atoms with E-state index in [1.807, 2.05) is 0 Å². The molecule has 2 heteroatoms. The molecule has 0 radical (unpaired) electrons. The number of nitrogens with zero attached hydrogens (tertiary/aromatic N) is 1. The molecule has 0 bridgehead atoms. The fourth-order valence-electron chi connectivity index (χ4n) is 2.30. The first-order valence-corrected chi connectivity index (χ1v) is 5.65. The molecule has 1 fully saturated rings. The monoisotopic (exact) mass is 192 g/mol. The summed E-state index contributed by atoms with van der Waals surface area (Å²) in [6.45, 7) is 3.50. The fourth-order valence-corrected chi connectivity index (χ4v) is 2.30. The van der Waals surface area contributed by atoms with Gasteiger partial charge in [0, 0.05) is 18.9 Å². The van der Waals surface area contributed by atoms with Crippen LogP contribution in [-0.4, -0.2) is 11.2 Å². The van der Waals surface area contributed by atoms with Gasteiger partial charge in [-0.3, -0.25) is 4.68 Å². The fraction of sp³-hybridized carbons (Fsp3) is 0.667. The van der Waals surface area contributed by atoms with E-state index in [1.165, 1.54) is 32.1 Å². The number of hydrogen-bond acceptors (Lipinski definition) is 1. The molecule has 2 nitrogen and oxygen atoms in total. The van der Waals surface area contributed by atoms with Gasteiger partial charge in [0.05, 0.1) is 0 Å². The lowest BCUT2D eigenvalue weighted by Gasteiger charge is -2.34. The van der Waals surface area contributed by atoms with Crippen LogP contribution in [0.15, 0.2) is 24.5 Å². The molecule has 1 N–H and O–H groups in total. The van der Waals surface area contributed by atoms with E-state index < -0.39 is 0 Å². The van der Waals surface area contributed by atoms with Crippen LogP contribution in [0.25, 0.3) is 0 Å². The van der Waals surface area contributed by atoms with Gasteiger partial charge in [0.1, 0.15) is 0 Å². The van der Waals surface area contributed by atoms with Gasteiger partial charge in [-0.2, -0.15) is 0 Å². The Morgan fingerprint density at radius 2 is 1.79 bits per heavy atom. The third-order valence-corrected chi connectivity index (χ3v) is 3.35. The van der Waals surface area contributed by atoms with Crippen molar-refractivity contribution in [1.82, 2.24) is 4.68 Å². The average Bonchev–Trinajstić information content (AvgIpc) is 2.69. The van der Waals surface area contributed by atoms with Gasteiger partial charge >= 0.3 is 0 Å². The van der Waals surface area contributed by atoms with E-state index in [0.717, 1.165) is 6.54 Å². The summed E-state index contributed by atoms with van der Waals surface area (Å²) >= 11 is 0. The van der Waals surface area contributed by atoms with Gasteiger partial charge in [-0.15, -0.1) is 0 Å². The largest absolute Gasteiger partial charge is 0.326 e. The molecule has 0 unspecified atom stereocenters. The Balaban J connectivity index is 1.84. The molecule has 1 aliphatic rings. The van der Waals surface area contributed by atoms with Crippen LogP contribution >= 0.6 is 0 Å². The van der Waals surface area contributed by atoms with Crippen LogP contribution in [0, 0.1) is 5.41 Å². The molecule has 2 rings (SSSR count). The summed E-state index contributed by atoms with van der Waals surface area (Å²) in [4.78, 5) is 0. The summed E-state index contributed by atoms with van der Waals surface area (Å²) in [7, 11) is 0. The zero-order valence-electron chi connectivity index (χ0n) is 9.00. The molecule has 1 aliphatic carbocycles. The van der Waals surface area contributed by atoms with E-state index in [2.05, 4.69) is 41.6 Å². The van der Waals surface area contributed by atoms with Gasteiger partial charge in [-0.05, 0) is 30.4 Å². The number of rotatable bonds is 3. The predicted molar refractivity (Wildman–Crippen MR) is 59.9 cm³/mol. The van der Waals surface area contributed by atoms with Crippen LogP contribution in [0.4, 0.5) is 0 Å². The molecular formula is C12H20N2. The van der Waals surface area contributed by atoms with Gasteiger partial charge in [-0.1, -0.05) is 26.2 Å². The van der Waals surface area contributed by atoms with Crippen molar-refractivity contribution >= 4 is 0 Å². The van der Waals surface area contributed by atoms with Crippen LogP contribution in [-0.2, 0) is 0 Å². The van der Waals surface area contributed by atoms with Gasteiger partial charge in [0.2, 0.25) is 0 Å². The highest BCUT2D eigenvalue weighted by Gasteiger charge is 2.26. The smallest absolute Gasteiger partial charge is 0.0367 e. The lowest BCUT2D eigenvalue weighted by atomic mass is 9.76. The highest BCUT2D eigenvalue weighted by Crippen LogP contribution is 2.35. The minimum absolute atomic E-state index is 0.516. The Kier molecular flexibility index (Phi) is 2.80. The predicted octanol–water partition coefficient (Wildman–Crippen LogP) is 3.00. The van der Waals surface area contributed by atoms with E-state index in [-0.39, 0.29) is 0 Å². The van der Waals surface area contributed by atoms with E-state index in [9.17, 15) is 0 Å². The normalized spacial score (nSPS) is 20.6. The second kappa shape index (κ2) is 4.07. The van der Waals surface area contributed by atoms with Crippen molar-refractivity contribution in [2.45, 2.75) is 39.0 Å². The Hall–Kier alpha value is -0.920. The molecule has 0 atom stereocenters. The number of hydrogen-bond donors (Lipinski definition) is 1. The van der Waals surface area contributed by atoms with Gasteiger partial charge in [0.15, 0.2) is 0 Å². The van der Waals surface area contributed by atoms with Crippen molar-refractivity contribution in [2.75, 3.05) is 12.0 Å². The second-order valence-corrected chi connectivity index (χ2v) is 4.80. The highest BCUT2D eigenvalue weighted by atomic mass is 15.4. The second-order valence-electron chi connectivity index (χ2n) is 4.80. The van der Waals surface area contributed by atoms with Gasteiger partial charge in [-0.25, -0.2) is 0 Å².